The van der Waals surface area contributed by atoms with Gasteiger partial charge in [-0.25, -0.2) is 9.59 Å². The second-order valence-corrected chi connectivity index (χ2v) is 7.94. The number of amides is 1. The Bertz CT molecular complexity index is 690. The first-order valence-electron chi connectivity index (χ1n) is 9.10. The van der Waals surface area contributed by atoms with Crippen LogP contribution in [0.2, 0.25) is 0 Å². The van der Waals surface area contributed by atoms with Crippen molar-refractivity contribution in [1.82, 2.24) is 4.90 Å². The summed E-state index contributed by atoms with van der Waals surface area (Å²) in [5.74, 6) is -0.451. The molecule has 0 aromatic heterocycles. The molecule has 2 rings (SSSR count). The van der Waals surface area contributed by atoms with Crippen LogP contribution in [0.1, 0.15) is 51.9 Å². The molecule has 148 valence electrons. The van der Waals surface area contributed by atoms with Crippen LogP contribution < -0.4 is 0 Å². The zero-order valence-electron chi connectivity index (χ0n) is 16.9. The van der Waals surface area contributed by atoms with Gasteiger partial charge in [-0.2, -0.15) is 0 Å². The van der Waals surface area contributed by atoms with E-state index in [9.17, 15) is 9.59 Å². The minimum Gasteiger partial charge on any atom is -0.452 e. The lowest BCUT2D eigenvalue weighted by molar-refractivity contribution is -0.0671. The maximum Gasteiger partial charge on any atom is 0.413 e. The van der Waals surface area contributed by atoms with Crippen LogP contribution in [0, 0.1) is 0 Å². The Balaban J connectivity index is 2.26. The second-order valence-electron chi connectivity index (χ2n) is 7.94. The van der Waals surface area contributed by atoms with Gasteiger partial charge in [-0.05, 0) is 59.8 Å². The first-order valence-corrected chi connectivity index (χ1v) is 9.10. The van der Waals surface area contributed by atoms with Crippen molar-refractivity contribution in [3.8, 4) is 0 Å². The highest BCUT2D eigenvalue weighted by Gasteiger charge is 2.49. The molecule has 0 unspecified atom stereocenters. The number of benzene rings is 1. The lowest BCUT2D eigenvalue weighted by Crippen LogP contribution is -2.53. The Morgan fingerprint density at radius 2 is 1.89 bits per heavy atom. The molecule has 1 heterocycles. The highest BCUT2D eigenvalue weighted by molar-refractivity contribution is 5.89. The molecule has 1 aliphatic heterocycles. The minimum absolute atomic E-state index is 0.239. The van der Waals surface area contributed by atoms with Crippen LogP contribution in [-0.4, -0.2) is 47.0 Å². The van der Waals surface area contributed by atoms with E-state index in [1.165, 1.54) is 4.90 Å². The van der Waals surface area contributed by atoms with E-state index in [4.69, 9.17) is 14.2 Å². The van der Waals surface area contributed by atoms with Crippen molar-refractivity contribution in [2.75, 3.05) is 6.61 Å². The molecule has 1 fully saturated rings. The maximum atomic E-state index is 12.8. The molecule has 0 radical (unpaired) electrons. The number of nitrogens with zero attached hydrogens (tertiary/aromatic N) is 1. The lowest BCUT2D eigenvalue weighted by atomic mass is 10.1. The average Bonchev–Trinajstić information content (AvgIpc) is 2.89. The molecule has 27 heavy (non-hydrogen) atoms. The van der Waals surface area contributed by atoms with Crippen molar-refractivity contribution in [2.45, 2.75) is 65.0 Å². The second kappa shape index (κ2) is 8.13. The molecule has 1 saturated heterocycles. The first kappa shape index (κ1) is 21.0. The van der Waals surface area contributed by atoms with Gasteiger partial charge in [0.25, 0.3) is 0 Å². The maximum absolute atomic E-state index is 12.8. The van der Waals surface area contributed by atoms with Crippen LogP contribution >= 0.6 is 0 Å². The van der Waals surface area contributed by atoms with E-state index in [1.54, 1.807) is 50.3 Å². The predicted molar refractivity (Wildman–Crippen MR) is 102 cm³/mol. The number of ether oxygens (including phenoxy) is 3. The molecule has 0 aliphatic carbocycles. The van der Waals surface area contributed by atoms with Gasteiger partial charge in [0.05, 0.1) is 12.2 Å². The van der Waals surface area contributed by atoms with Crippen LogP contribution in [0.4, 0.5) is 4.79 Å². The summed E-state index contributed by atoms with van der Waals surface area (Å²) >= 11 is 0. The summed E-state index contributed by atoms with van der Waals surface area (Å²) in [6.45, 7) is 11.1. The van der Waals surface area contributed by atoms with Crippen molar-refractivity contribution >= 4 is 12.1 Å². The van der Waals surface area contributed by atoms with Crippen molar-refractivity contribution in [1.29, 1.82) is 0 Å². The number of rotatable bonds is 4. The van der Waals surface area contributed by atoms with Gasteiger partial charge in [0.15, 0.2) is 0 Å². The van der Waals surface area contributed by atoms with Crippen LogP contribution in [0.3, 0.4) is 0 Å². The standard InChI is InChI=1S/C21H29NO5/c1-7-11-17(26-18(23)15-12-9-8-10-13-15)16-14-25-21(5,6)22(16)19(24)27-20(2,3)4/h7-13,16-17H,14H2,1-6H3/b11-7+/t16-,17+/m0/s1. The van der Waals surface area contributed by atoms with Gasteiger partial charge in [-0.3, -0.25) is 4.90 Å². The fourth-order valence-electron chi connectivity index (χ4n) is 2.94. The van der Waals surface area contributed by atoms with Crippen molar-refractivity contribution in [2.24, 2.45) is 0 Å². The van der Waals surface area contributed by atoms with Crippen LogP contribution in [0.25, 0.3) is 0 Å². The number of hydrogen-bond donors (Lipinski definition) is 0. The smallest absolute Gasteiger partial charge is 0.413 e. The third kappa shape index (κ3) is 5.32. The summed E-state index contributed by atoms with van der Waals surface area (Å²) in [4.78, 5) is 26.8. The van der Waals surface area contributed by atoms with Crippen molar-refractivity contribution in [3.63, 3.8) is 0 Å². The molecule has 0 N–H and O–H groups in total. The van der Waals surface area contributed by atoms with Gasteiger partial charge in [0.1, 0.15) is 23.5 Å². The molecule has 0 spiro atoms. The lowest BCUT2D eigenvalue weighted by Gasteiger charge is -2.36. The highest BCUT2D eigenvalue weighted by atomic mass is 16.6. The predicted octanol–water partition coefficient (Wildman–Crippen LogP) is 4.16. The number of hydrogen-bond acceptors (Lipinski definition) is 5. The van der Waals surface area contributed by atoms with E-state index in [1.807, 2.05) is 33.8 Å². The molecule has 1 aromatic rings. The molecular weight excluding hydrogens is 346 g/mol. The fraction of sp³-hybridized carbons (Fsp3) is 0.524. The van der Waals surface area contributed by atoms with E-state index in [-0.39, 0.29) is 6.61 Å². The summed E-state index contributed by atoms with van der Waals surface area (Å²) in [6, 6.07) is 8.27. The summed E-state index contributed by atoms with van der Waals surface area (Å²) in [5.41, 5.74) is -1.06. The third-order valence-electron chi connectivity index (χ3n) is 4.12. The van der Waals surface area contributed by atoms with Gasteiger partial charge in [0, 0.05) is 0 Å². The Labute approximate surface area is 161 Å². The molecule has 2 atom stereocenters. The molecule has 0 saturated carbocycles. The monoisotopic (exact) mass is 375 g/mol. The summed E-state index contributed by atoms with van der Waals surface area (Å²) in [6.07, 6.45) is 2.40. The number of carbonyl (C=O) groups is 2. The highest BCUT2D eigenvalue weighted by Crippen LogP contribution is 2.32. The Hall–Kier alpha value is -2.34. The molecule has 1 aromatic carbocycles. The summed E-state index contributed by atoms with van der Waals surface area (Å²) in [5, 5.41) is 0. The molecule has 6 nitrogen and oxygen atoms in total. The van der Waals surface area contributed by atoms with E-state index in [0.29, 0.717) is 5.56 Å². The van der Waals surface area contributed by atoms with Crippen LogP contribution in [0.5, 0.6) is 0 Å². The minimum atomic E-state index is -0.869. The quantitative estimate of drug-likeness (QED) is 0.584. The van der Waals surface area contributed by atoms with Gasteiger partial charge in [-0.1, -0.05) is 24.3 Å². The largest absolute Gasteiger partial charge is 0.452 e. The van der Waals surface area contributed by atoms with E-state index in [0.717, 1.165) is 0 Å². The topological polar surface area (TPSA) is 65.1 Å². The summed E-state index contributed by atoms with van der Waals surface area (Å²) in [7, 11) is 0. The van der Waals surface area contributed by atoms with Gasteiger partial charge in [-0.15, -0.1) is 0 Å². The SMILES string of the molecule is C/C=C/[C@@H](OC(=O)c1ccccc1)[C@@H]1COC(C)(C)N1C(=O)OC(C)(C)C. The normalized spacial score (nSPS) is 20.5. The molecular formula is C21H29NO5. The van der Waals surface area contributed by atoms with E-state index >= 15 is 0 Å². The van der Waals surface area contributed by atoms with E-state index < -0.39 is 35.5 Å². The fourth-order valence-corrected chi connectivity index (χ4v) is 2.94. The average molecular weight is 375 g/mol. The van der Waals surface area contributed by atoms with Crippen molar-refractivity contribution < 1.29 is 23.8 Å². The van der Waals surface area contributed by atoms with Gasteiger partial charge >= 0.3 is 12.1 Å². The van der Waals surface area contributed by atoms with Crippen LogP contribution in [0.15, 0.2) is 42.5 Å². The number of allylic oxidation sites excluding steroid dienone is 1. The molecule has 0 bridgehead atoms. The number of carbonyl (C=O) groups excluding carboxylic acids is 2. The Morgan fingerprint density at radius 3 is 2.44 bits per heavy atom. The third-order valence-corrected chi connectivity index (χ3v) is 4.12. The molecule has 1 amide bonds. The molecule has 6 heteroatoms. The molecule has 1 aliphatic rings. The van der Waals surface area contributed by atoms with E-state index in [2.05, 4.69) is 0 Å². The first-order chi connectivity index (χ1) is 12.5. The Morgan fingerprint density at radius 1 is 1.26 bits per heavy atom. The summed E-state index contributed by atoms with van der Waals surface area (Å²) < 4.78 is 17.1. The zero-order chi connectivity index (χ0) is 20.2. The van der Waals surface area contributed by atoms with Gasteiger partial charge < -0.3 is 14.2 Å². The zero-order valence-corrected chi connectivity index (χ0v) is 16.9. The van der Waals surface area contributed by atoms with Crippen molar-refractivity contribution in [3.05, 3.63) is 48.0 Å². The van der Waals surface area contributed by atoms with Gasteiger partial charge in [0.2, 0.25) is 0 Å². The number of esters is 1. The Kier molecular flexibility index (Phi) is 6.31. The van der Waals surface area contributed by atoms with Crippen LogP contribution in [-0.2, 0) is 14.2 Å².